The zero-order valence-electron chi connectivity index (χ0n) is 14.4. The van der Waals surface area contributed by atoms with Gasteiger partial charge in [-0.15, -0.1) is 0 Å². The van der Waals surface area contributed by atoms with Gasteiger partial charge in [0, 0.05) is 17.8 Å². The third-order valence-electron chi connectivity index (χ3n) is 5.70. The molecule has 2 N–H and O–H groups in total. The monoisotopic (exact) mass is 329 g/mol. The van der Waals surface area contributed by atoms with Gasteiger partial charge in [0.2, 0.25) is 5.91 Å². The zero-order chi connectivity index (χ0) is 17.0. The van der Waals surface area contributed by atoms with Crippen LogP contribution in [0.5, 0.6) is 0 Å². The smallest absolute Gasteiger partial charge is 0.238 e. The molecule has 1 saturated heterocycles. The molecule has 1 unspecified atom stereocenters. The molecule has 6 heteroatoms. The lowest BCUT2D eigenvalue weighted by Gasteiger charge is -2.37. The molecule has 6 nitrogen and oxygen atoms in total. The van der Waals surface area contributed by atoms with Crippen LogP contribution in [0.4, 0.5) is 0 Å². The number of nitrogens with one attached hydrogen (secondary N) is 2. The zero-order valence-corrected chi connectivity index (χ0v) is 14.4. The molecule has 130 valence electrons. The van der Waals surface area contributed by atoms with Gasteiger partial charge in [-0.3, -0.25) is 14.8 Å². The van der Waals surface area contributed by atoms with Crippen LogP contribution in [0, 0.1) is 11.3 Å². The van der Waals surface area contributed by atoms with E-state index in [0.29, 0.717) is 5.92 Å². The lowest BCUT2D eigenvalue weighted by atomic mass is 9.82. The van der Waals surface area contributed by atoms with Crippen molar-refractivity contribution in [2.24, 2.45) is 0 Å². The number of aromatic amines is 1. The molecule has 2 aliphatic rings. The Bertz CT molecular complexity index is 577. The minimum Gasteiger partial charge on any atom is -0.336 e. The molecule has 3 rings (SSSR count). The molecule has 0 bridgehead atoms. The number of hydrogen-bond acceptors (Lipinski definition) is 4. The minimum absolute atomic E-state index is 0.00144. The third-order valence-corrected chi connectivity index (χ3v) is 5.70. The molecule has 1 aromatic rings. The number of piperidine rings is 1. The fourth-order valence-electron chi connectivity index (χ4n) is 4.02. The van der Waals surface area contributed by atoms with E-state index in [1.165, 1.54) is 5.69 Å². The maximum atomic E-state index is 12.7. The highest BCUT2D eigenvalue weighted by molar-refractivity contribution is 5.82. The highest BCUT2D eigenvalue weighted by Crippen LogP contribution is 2.29. The molecular weight excluding hydrogens is 302 g/mol. The van der Waals surface area contributed by atoms with Crippen LogP contribution in [0.3, 0.4) is 0 Å². The summed E-state index contributed by atoms with van der Waals surface area (Å²) in [6, 6.07) is 4.23. The van der Waals surface area contributed by atoms with E-state index < -0.39 is 5.54 Å². The summed E-state index contributed by atoms with van der Waals surface area (Å²) in [5.74, 6) is 0.501. The Labute approximate surface area is 143 Å². The molecule has 0 spiro atoms. The Morgan fingerprint density at radius 1 is 1.42 bits per heavy atom. The predicted molar refractivity (Wildman–Crippen MR) is 91.2 cm³/mol. The lowest BCUT2D eigenvalue weighted by Crippen LogP contribution is -2.55. The molecule has 1 atom stereocenters. The summed E-state index contributed by atoms with van der Waals surface area (Å²) < 4.78 is 0. The highest BCUT2D eigenvalue weighted by Gasteiger charge is 2.36. The number of aromatic nitrogens is 2. The number of hydrogen-bond donors (Lipinski definition) is 2. The van der Waals surface area contributed by atoms with Crippen molar-refractivity contribution in [2.75, 3.05) is 13.1 Å². The summed E-state index contributed by atoms with van der Waals surface area (Å²) in [5, 5.41) is 19.7. The number of carbonyl (C=O) groups is 1. The molecule has 2 heterocycles. The predicted octanol–water partition coefficient (Wildman–Crippen LogP) is 2.32. The third kappa shape index (κ3) is 3.62. The number of H-pyrrole nitrogens is 1. The van der Waals surface area contributed by atoms with Crippen LogP contribution >= 0.6 is 0 Å². The summed E-state index contributed by atoms with van der Waals surface area (Å²) in [6.07, 6.45) is 8.63. The summed E-state index contributed by atoms with van der Waals surface area (Å²) in [6.45, 7) is 3.76. The molecule has 1 aliphatic carbocycles. The van der Waals surface area contributed by atoms with Crippen molar-refractivity contribution in [1.82, 2.24) is 20.4 Å². The quantitative estimate of drug-likeness (QED) is 0.888. The number of likely N-dealkylation sites (tertiary alicyclic amines) is 1. The van der Waals surface area contributed by atoms with Gasteiger partial charge in [-0.2, -0.15) is 10.4 Å². The average molecular weight is 329 g/mol. The first-order chi connectivity index (χ1) is 11.6. The molecule has 1 aromatic heterocycles. The van der Waals surface area contributed by atoms with E-state index in [4.69, 9.17) is 0 Å². The maximum absolute atomic E-state index is 12.7. The van der Waals surface area contributed by atoms with Crippen LogP contribution in [0.2, 0.25) is 0 Å². The Morgan fingerprint density at radius 2 is 2.12 bits per heavy atom. The summed E-state index contributed by atoms with van der Waals surface area (Å²) in [5.41, 5.74) is 0.551. The molecular formula is C18H27N5O. The first-order valence-corrected chi connectivity index (χ1v) is 9.10. The second kappa shape index (κ2) is 7.35. The van der Waals surface area contributed by atoms with Gasteiger partial charge in [-0.1, -0.05) is 19.3 Å². The lowest BCUT2D eigenvalue weighted by molar-refractivity contribution is -0.128. The average Bonchev–Trinajstić information content (AvgIpc) is 3.16. The molecule has 0 aromatic carbocycles. The Morgan fingerprint density at radius 3 is 2.71 bits per heavy atom. The van der Waals surface area contributed by atoms with Gasteiger partial charge in [0.1, 0.15) is 5.54 Å². The first-order valence-electron chi connectivity index (χ1n) is 9.10. The summed E-state index contributed by atoms with van der Waals surface area (Å²) >= 11 is 0. The van der Waals surface area contributed by atoms with Crippen LogP contribution in [0.25, 0.3) is 0 Å². The van der Waals surface area contributed by atoms with E-state index in [1.807, 2.05) is 13.0 Å². The van der Waals surface area contributed by atoms with Crippen LogP contribution < -0.4 is 5.32 Å². The van der Waals surface area contributed by atoms with E-state index in [2.05, 4.69) is 26.5 Å². The largest absolute Gasteiger partial charge is 0.336 e. The van der Waals surface area contributed by atoms with E-state index in [-0.39, 0.29) is 11.9 Å². The fraction of sp³-hybridized carbons (Fsp3) is 0.722. The van der Waals surface area contributed by atoms with E-state index in [9.17, 15) is 10.1 Å². The molecule has 1 amide bonds. The van der Waals surface area contributed by atoms with Gasteiger partial charge < -0.3 is 5.32 Å². The molecule has 1 aliphatic heterocycles. The summed E-state index contributed by atoms with van der Waals surface area (Å²) in [7, 11) is 0. The Hall–Kier alpha value is -1.87. The van der Waals surface area contributed by atoms with Crippen LogP contribution in [-0.4, -0.2) is 45.7 Å². The first kappa shape index (κ1) is 17.0. The Kier molecular flexibility index (Phi) is 5.20. The van der Waals surface area contributed by atoms with Gasteiger partial charge in [0.05, 0.1) is 12.1 Å². The normalized spacial score (nSPS) is 23.3. The van der Waals surface area contributed by atoms with Crippen molar-refractivity contribution in [3.05, 3.63) is 18.0 Å². The number of nitrogens with zero attached hydrogens (tertiary/aromatic N) is 3. The van der Waals surface area contributed by atoms with Gasteiger partial charge >= 0.3 is 0 Å². The topological polar surface area (TPSA) is 84.8 Å². The van der Waals surface area contributed by atoms with Crippen LogP contribution in [0.1, 0.15) is 63.5 Å². The van der Waals surface area contributed by atoms with Crippen molar-refractivity contribution in [3.63, 3.8) is 0 Å². The van der Waals surface area contributed by atoms with Gasteiger partial charge in [0.15, 0.2) is 0 Å². The van der Waals surface area contributed by atoms with Crippen molar-refractivity contribution >= 4 is 5.91 Å². The van der Waals surface area contributed by atoms with Gasteiger partial charge in [0.25, 0.3) is 0 Å². The molecule has 24 heavy (non-hydrogen) atoms. The number of amides is 1. The van der Waals surface area contributed by atoms with E-state index in [0.717, 1.165) is 58.0 Å². The number of rotatable bonds is 4. The SMILES string of the molecule is CC(C(=O)NC1(C#N)CCCCC1)N1CCC(c2ccn[nH]2)CC1. The standard InChI is InChI=1S/C18H27N5O/c1-14(17(24)21-18(13-19)8-3-2-4-9-18)23-11-6-15(7-12-23)16-5-10-20-22-16/h5,10,14-15H,2-4,6-9,11-12H2,1H3,(H,20,22)(H,21,24). The van der Waals surface area contributed by atoms with Crippen molar-refractivity contribution in [2.45, 2.75) is 69.4 Å². The molecule has 2 fully saturated rings. The van der Waals surface area contributed by atoms with Gasteiger partial charge in [-0.05, 0) is 51.8 Å². The Balaban J connectivity index is 1.54. The van der Waals surface area contributed by atoms with Gasteiger partial charge in [-0.25, -0.2) is 0 Å². The number of nitriles is 1. The van der Waals surface area contributed by atoms with E-state index >= 15 is 0 Å². The molecule has 1 saturated carbocycles. The second-order valence-corrected chi connectivity index (χ2v) is 7.24. The maximum Gasteiger partial charge on any atom is 0.238 e. The van der Waals surface area contributed by atoms with Crippen LogP contribution in [-0.2, 0) is 4.79 Å². The van der Waals surface area contributed by atoms with Crippen molar-refractivity contribution in [3.8, 4) is 6.07 Å². The minimum atomic E-state index is -0.641. The molecule has 0 radical (unpaired) electrons. The van der Waals surface area contributed by atoms with Crippen molar-refractivity contribution in [1.29, 1.82) is 5.26 Å². The second-order valence-electron chi connectivity index (χ2n) is 7.24. The number of carbonyl (C=O) groups excluding carboxylic acids is 1. The summed E-state index contributed by atoms with van der Waals surface area (Å²) in [4.78, 5) is 14.9. The van der Waals surface area contributed by atoms with Crippen molar-refractivity contribution < 1.29 is 4.79 Å². The highest BCUT2D eigenvalue weighted by atomic mass is 16.2. The fourth-order valence-corrected chi connectivity index (χ4v) is 4.02. The van der Waals surface area contributed by atoms with E-state index in [1.54, 1.807) is 6.20 Å². The van der Waals surface area contributed by atoms with Crippen LogP contribution in [0.15, 0.2) is 12.3 Å².